The SMILES string of the molecule is CC(=O)O.CCO.CCO.CO.CO. The average molecular weight is 216 g/mol. The molecule has 0 saturated heterocycles. The van der Waals surface area contributed by atoms with Gasteiger partial charge < -0.3 is 25.5 Å². The van der Waals surface area contributed by atoms with E-state index in [9.17, 15) is 0 Å². The van der Waals surface area contributed by atoms with Crippen molar-refractivity contribution in [2.75, 3.05) is 27.4 Å². The molecular weight excluding hydrogens is 192 g/mol. The Hall–Kier alpha value is -0.690. The number of aliphatic hydroxyl groups excluding tert-OH is 4. The van der Waals surface area contributed by atoms with Crippen LogP contribution in [0.15, 0.2) is 0 Å². The molecule has 0 aliphatic heterocycles. The van der Waals surface area contributed by atoms with Crippen molar-refractivity contribution >= 4 is 5.97 Å². The van der Waals surface area contributed by atoms with Crippen LogP contribution in [0, 0.1) is 0 Å². The van der Waals surface area contributed by atoms with Crippen LogP contribution in [0.2, 0.25) is 0 Å². The minimum absolute atomic E-state index is 0.250. The standard InChI is InChI=1S/C2H4O2.2C2H6O.2CH4O/c1-2(3)4;2*1-2-3;2*1-2/h1H3,(H,3,4);2*3H,2H2,1H3;2*2H,1H3. The van der Waals surface area contributed by atoms with Gasteiger partial charge in [-0.15, -0.1) is 0 Å². The first-order valence-electron chi connectivity index (χ1n) is 3.87. The third-order valence-electron chi connectivity index (χ3n) is 0. The predicted octanol–water partition coefficient (Wildman–Crippen LogP) is -0.695. The first kappa shape index (κ1) is 29.2. The van der Waals surface area contributed by atoms with E-state index in [4.69, 9.17) is 30.3 Å². The van der Waals surface area contributed by atoms with Crippen LogP contribution in [-0.4, -0.2) is 58.9 Å². The molecule has 0 amide bonds. The summed E-state index contributed by atoms with van der Waals surface area (Å²) in [6.45, 7) is 4.94. The van der Waals surface area contributed by atoms with Crippen LogP contribution in [0.3, 0.4) is 0 Å². The minimum atomic E-state index is -0.833. The molecular formula is C8H24O6. The molecule has 0 aromatic rings. The predicted molar refractivity (Wildman–Crippen MR) is 55.1 cm³/mol. The highest BCUT2D eigenvalue weighted by Gasteiger charge is 1.65. The lowest BCUT2D eigenvalue weighted by Crippen LogP contribution is -1.78. The van der Waals surface area contributed by atoms with E-state index in [-0.39, 0.29) is 13.2 Å². The highest BCUT2D eigenvalue weighted by Crippen LogP contribution is 1.42. The van der Waals surface area contributed by atoms with Gasteiger partial charge >= 0.3 is 0 Å². The second-order valence-electron chi connectivity index (χ2n) is 1.15. The van der Waals surface area contributed by atoms with Crippen LogP contribution < -0.4 is 0 Å². The summed E-state index contributed by atoms with van der Waals surface area (Å²) in [5, 5.41) is 36.6. The van der Waals surface area contributed by atoms with E-state index in [0.717, 1.165) is 21.1 Å². The van der Waals surface area contributed by atoms with Crippen molar-refractivity contribution < 1.29 is 30.3 Å². The lowest BCUT2D eigenvalue weighted by atomic mass is 10.9. The van der Waals surface area contributed by atoms with Gasteiger partial charge in [0, 0.05) is 34.4 Å². The summed E-state index contributed by atoms with van der Waals surface area (Å²) in [7, 11) is 2.00. The summed E-state index contributed by atoms with van der Waals surface area (Å²) in [4.78, 5) is 9.00. The van der Waals surface area contributed by atoms with Gasteiger partial charge in [0.15, 0.2) is 0 Å². The molecule has 14 heavy (non-hydrogen) atoms. The van der Waals surface area contributed by atoms with E-state index in [2.05, 4.69) is 0 Å². The smallest absolute Gasteiger partial charge is 0.300 e. The second-order valence-corrected chi connectivity index (χ2v) is 1.15. The van der Waals surface area contributed by atoms with Gasteiger partial charge in [-0.3, -0.25) is 4.79 Å². The van der Waals surface area contributed by atoms with Crippen molar-refractivity contribution in [1.82, 2.24) is 0 Å². The number of carboxylic acids is 1. The summed E-state index contributed by atoms with van der Waals surface area (Å²) >= 11 is 0. The van der Waals surface area contributed by atoms with Gasteiger partial charge in [0.25, 0.3) is 5.97 Å². The maximum absolute atomic E-state index is 9.00. The fourth-order valence-corrected chi connectivity index (χ4v) is 0. The molecule has 0 atom stereocenters. The van der Waals surface area contributed by atoms with Gasteiger partial charge in [0.1, 0.15) is 0 Å². The van der Waals surface area contributed by atoms with Crippen molar-refractivity contribution in [3.63, 3.8) is 0 Å². The van der Waals surface area contributed by atoms with Gasteiger partial charge in [-0.25, -0.2) is 0 Å². The highest BCUT2D eigenvalue weighted by molar-refractivity contribution is 5.62. The largest absolute Gasteiger partial charge is 0.481 e. The fraction of sp³-hybridized carbons (Fsp3) is 0.875. The van der Waals surface area contributed by atoms with Crippen LogP contribution in [0.5, 0.6) is 0 Å². The summed E-state index contributed by atoms with van der Waals surface area (Å²) in [6.07, 6.45) is 0. The topological polar surface area (TPSA) is 118 Å². The third kappa shape index (κ3) is 2530. The Morgan fingerprint density at radius 2 is 0.929 bits per heavy atom. The summed E-state index contributed by atoms with van der Waals surface area (Å²) < 4.78 is 0. The molecule has 0 aromatic heterocycles. The maximum Gasteiger partial charge on any atom is 0.300 e. The molecule has 5 N–H and O–H groups in total. The molecule has 6 nitrogen and oxygen atoms in total. The van der Waals surface area contributed by atoms with Crippen molar-refractivity contribution in [1.29, 1.82) is 0 Å². The lowest BCUT2D eigenvalue weighted by Gasteiger charge is -1.59. The number of carboxylic acid groups (broad SMARTS) is 1. The second kappa shape index (κ2) is 84.8. The molecule has 6 heteroatoms. The summed E-state index contributed by atoms with van der Waals surface area (Å²) in [5.41, 5.74) is 0. The lowest BCUT2D eigenvalue weighted by molar-refractivity contribution is -0.134. The van der Waals surface area contributed by atoms with E-state index < -0.39 is 5.97 Å². The summed E-state index contributed by atoms with van der Waals surface area (Å²) in [5.74, 6) is -0.833. The van der Waals surface area contributed by atoms with Crippen molar-refractivity contribution in [3.8, 4) is 0 Å². The fourth-order valence-electron chi connectivity index (χ4n) is 0. The molecule has 0 heterocycles. The third-order valence-corrected chi connectivity index (χ3v) is 0. The first-order chi connectivity index (χ1) is 6.56. The van der Waals surface area contributed by atoms with Gasteiger partial charge in [-0.05, 0) is 13.8 Å². The normalized spacial score (nSPS) is 5.21. The van der Waals surface area contributed by atoms with Crippen LogP contribution in [0.1, 0.15) is 20.8 Å². The van der Waals surface area contributed by atoms with E-state index in [1.807, 2.05) is 0 Å². The van der Waals surface area contributed by atoms with Gasteiger partial charge in [-0.2, -0.15) is 0 Å². The Bertz CT molecular complexity index is 51.8. The number of rotatable bonds is 0. The molecule has 0 spiro atoms. The Kier molecular flexibility index (Phi) is 177. The zero-order valence-corrected chi connectivity index (χ0v) is 9.56. The number of aliphatic hydroxyl groups is 4. The molecule has 0 saturated carbocycles. The molecule has 0 aliphatic carbocycles. The Balaban J connectivity index is -0.0000000249. The number of hydrogen-bond acceptors (Lipinski definition) is 5. The molecule has 0 aliphatic rings. The molecule has 0 unspecified atom stereocenters. The van der Waals surface area contributed by atoms with Crippen LogP contribution in [-0.2, 0) is 4.79 Å². The van der Waals surface area contributed by atoms with Crippen LogP contribution >= 0.6 is 0 Å². The molecule has 0 fully saturated rings. The highest BCUT2D eigenvalue weighted by atomic mass is 16.4. The molecule has 0 aromatic carbocycles. The number of hydrogen-bond donors (Lipinski definition) is 5. The molecule has 92 valence electrons. The van der Waals surface area contributed by atoms with Gasteiger partial charge in [-0.1, -0.05) is 0 Å². The zero-order chi connectivity index (χ0) is 13.0. The van der Waals surface area contributed by atoms with Crippen LogP contribution in [0.25, 0.3) is 0 Å². The number of aliphatic carboxylic acids is 1. The Morgan fingerprint density at radius 3 is 0.929 bits per heavy atom. The Morgan fingerprint density at radius 1 is 0.929 bits per heavy atom. The molecule has 0 rings (SSSR count). The maximum atomic E-state index is 9.00. The quantitative estimate of drug-likeness (QED) is 0.365. The average Bonchev–Trinajstić information content (AvgIpc) is 2.12. The Labute approximate surface area is 85.4 Å². The molecule has 0 bridgehead atoms. The van der Waals surface area contributed by atoms with E-state index in [0.29, 0.717) is 0 Å². The summed E-state index contributed by atoms with van der Waals surface area (Å²) in [6, 6.07) is 0. The zero-order valence-electron chi connectivity index (χ0n) is 9.56. The van der Waals surface area contributed by atoms with E-state index in [1.165, 1.54) is 0 Å². The van der Waals surface area contributed by atoms with Crippen molar-refractivity contribution in [3.05, 3.63) is 0 Å². The first-order valence-corrected chi connectivity index (χ1v) is 3.87. The van der Waals surface area contributed by atoms with Gasteiger partial charge in [0.2, 0.25) is 0 Å². The molecule has 0 radical (unpaired) electrons. The minimum Gasteiger partial charge on any atom is -0.481 e. The number of carbonyl (C=O) groups is 1. The van der Waals surface area contributed by atoms with Crippen LogP contribution in [0.4, 0.5) is 0 Å². The van der Waals surface area contributed by atoms with Gasteiger partial charge in [0.05, 0.1) is 0 Å². The van der Waals surface area contributed by atoms with E-state index >= 15 is 0 Å². The monoisotopic (exact) mass is 216 g/mol. The van der Waals surface area contributed by atoms with Crippen molar-refractivity contribution in [2.45, 2.75) is 20.8 Å². The van der Waals surface area contributed by atoms with E-state index in [1.54, 1.807) is 13.8 Å². The van der Waals surface area contributed by atoms with Crippen molar-refractivity contribution in [2.24, 2.45) is 0 Å².